The molecule has 0 aliphatic carbocycles. The van der Waals surface area contributed by atoms with E-state index in [0.717, 1.165) is 17.2 Å². The third-order valence-corrected chi connectivity index (χ3v) is 5.29. The molecule has 6 nitrogen and oxygen atoms in total. The van der Waals surface area contributed by atoms with E-state index in [9.17, 15) is 9.59 Å². The molecule has 0 aliphatic heterocycles. The average Bonchev–Trinajstić information content (AvgIpc) is 2.83. The van der Waals surface area contributed by atoms with Gasteiger partial charge in [-0.2, -0.15) is 5.26 Å². The van der Waals surface area contributed by atoms with Crippen molar-refractivity contribution in [2.75, 3.05) is 0 Å². The van der Waals surface area contributed by atoms with Gasteiger partial charge in [-0.1, -0.05) is 30.8 Å². The second-order valence-electron chi connectivity index (χ2n) is 9.55. The van der Waals surface area contributed by atoms with Crippen LogP contribution in [0.15, 0.2) is 85.5 Å². The summed E-state index contributed by atoms with van der Waals surface area (Å²) in [6, 6.07) is 23.2. The largest absolute Gasteiger partial charge is 0.488 e. The fourth-order valence-electron chi connectivity index (χ4n) is 4.01. The van der Waals surface area contributed by atoms with Crippen molar-refractivity contribution in [2.24, 2.45) is 0 Å². The minimum absolute atomic E-state index is 0.386. The number of carbonyl (C=O) groups is 2. The number of ether oxygens (including phenoxy) is 3. The molecule has 0 radical (unpaired) electrons. The summed E-state index contributed by atoms with van der Waals surface area (Å²) in [6.07, 6.45) is 1.58. The molecule has 3 aromatic carbocycles. The Morgan fingerprint density at radius 1 is 0.833 bits per heavy atom. The lowest BCUT2D eigenvalue weighted by molar-refractivity contribution is -0.154. The van der Waals surface area contributed by atoms with Crippen LogP contribution in [-0.2, 0) is 9.53 Å². The Morgan fingerprint density at radius 3 is 1.89 bits per heavy atom. The van der Waals surface area contributed by atoms with E-state index in [4.69, 9.17) is 19.5 Å². The molecule has 3 rings (SSSR count). The number of nitrogens with zero attached hydrogens (tertiary/aromatic N) is 1. The van der Waals surface area contributed by atoms with Gasteiger partial charge >= 0.3 is 11.9 Å². The molecular formula is C30H29NO5. The molecule has 0 N–H and O–H groups in total. The maximum atomic E-state index is 12.6. The predicted molar refractivity (Wildman–Crippen MR) is 138 cm³/mol. The van der Waals surface area contributed by atoms with Crippen LogP contribution in [0.2, 0.25) is 0 Å². The van der Waals surface area contributed by atoms with Crippen LogP contribution in [0.25, 0.3) is 11.1 Å². The third kappa shape index (κ3) is 7.31. The van der Waals surface area contributed by atoms with Gasteiger partial charge in [0, 0.05) is 12.5 Å². The highest BCUT2D eigenvalue weighted by molar-refractivity contribution is 5.91. The molecule has 0 amide bonds. The molecule has 0 atom stereocenters. The molecule has 0 aromatic heterocycles. The summed E-state index contributed by atoms with van der Waals surface area (Å²) in [4.78, 5) is 24.2. The van der Waals surface area contributed by atoms with Gasteiger partial charge < -0.3 is 14.2 Å². The van der Waals surface area contributed by atoms with Crippen molar-refractivity contribution in [3.63, 3.8) is 0 Å². The van der Waals surface area contributed by atoms with Crippen LogP contribution in [0.1, 0.15) is 50.0 Å². The fourth-order valence-corrected chi connectivity index (χ4v) is 4.01. The standard InChI is InChI=1S/C30H29NO5/c1-6-27(32)36-30(4,5)20-29(2,3)35-26-17-13-24(14-18-26)28(33)34-25-15-11-23(12-16-25)22-9-7-21(19-31)8-10-22/h6-18H,1,20H2,2-5H3. The highest BCUT2D eigenvalue weighted by Crippen LogP contribution is 2.29. The zero-order valence-electron chi connectivity index (χ0n) is 20.9. The predicted octanol–water partition coefficient (Wildman–Crippen LogP) is 6.50. The van der Waals surface area contributed by atoms with Crippen LogP contribution in [0.4, 0.5) is 0 Å². The van der Waals surface area contributed by atoms with Crippen molar-refractivity contribution in [3.8, 4) is 28.7 Å². The van der Waals surface area contributed by atoms with Gasteiger partial charge in [-0.15, -0.1) is 0 Å². The summed E-state index contributed by atoms with van der Waals surface area (Å²) in [7, 11) is 0. The maximum Gasteiger partial charge on any atom is 0.343 e. The number of nitriles is 1. The molecular weight excluding hydrogens is 454 g/mol. The summed E-state index contributed by atoms with van der Waals surface area (Å²) in [5.41, 5.74) is 1.52. The highest BCUT2D eigenvalue weighted by atomic mass is 16.6. The molecule has 3 aromatic rings. The number of carbonyl (C=O) groups excluding carboxylic acids is 2. The van der Waals surface area contributed by atoms with Crippen LogP contribution in [-0.4, -0.2) is 23.1 Å². The van der Waals surface area contributed by atoms with Crippen molar-refractivity contribution in [1.29, 1.82) is 5.26 Å². The van der Waals surface area contributed by atoms with E-state index in [1.165, 1.54) is 0 Å². The van der Waals surface area contributed by atoms with Gasteiger partial charge in [-0.25, -0.2) is 9.59 Å². The van der Waals surface area contributed by atoms with Gasteiger partial charge in [-0.3, -0.25) is 0 Å². The summed E-state index contributed by atoms with van der Waals surface area (Å²) in [5.74, 6) is 0.0382. The summed E-state index contributed by atoms with van der Waals surface area (Å²) in [6.45, 7) is 10.9. The molecule has 0 unspecified atom stereocenters. The minimum Gasteiger partial charge on any atom is -0.488 e. The molecule has 184 valence electrons. The Bertz CT molecular complexity index is 1260. The summed E-state index contributed by atoms with van der Waals surface area (Å²) >= 11 is 0. The molecule has 0 fully saturated rings. The van der Waals surface area contributed by atoms with Gasteiger partial charge in [-0.05, 0) is 87.4 Å². The van der Waals surface area contributed by atoms with Gasteiger partial charge in [0.15, 0.2) is 0 Å². The van der Waals surface area contributed by atoms with E-state index in [1.54, 1.807) is 48.5 Å². The second kappa shape index (κ2) is 10.9. The van der Waals surface area contributed by atoms with E-state index in [1.807, 2.05) is 52.0 Å². The number of benzene rings is 3. The number of esters is 2. The van der Waals surface area contributed by atoms with E-state index >= 15 is 0 Å². The number of hydrogen-bond acceptors (Lipinski definition) is 6. The monoisotopic (exact) mass is 483 g/mol. The highest BCUT2D eigenvalue weighted by Gasteiger charge is 2.33. The first-order valence-corrected chi connectivity index (χ1v) is 11.5. The van der Waals surface area contributed by atoms with E-state index in [2.05, 4.69) is 12.6 Å². The van der Waals surface area contributed by atoms with Crippen molar-refractivity contribution in [3.05, 3.63) is 96.6 Å². The van der Waals surface area contributed by atoms with Crippen LogP contribution in [0.3, 0.4) is 0 Å². The Labute approximate surface area is 211 Å². The van der Waals surface area contributed by atoms with Crippen molar-refractivity contribution in [2.45, 2.75) is 45.3 Å². The van der Waals surface area contributed by atoms with E-state index in [-0.39, 0.29) is 0 Å². The first-order chi connectivity index (χ1) is 17.0. The van der Waals surface area contributed by atoms with Gasteiger partial charge in [0.2, 0.25) is 0 Å². The summed E-state index contributed by atoms with van der Waals surface area (Å²) < 4.78 is 17.0. The van der Waals surface area contributed by atoms with Crippen LogP contribution >= 0.6 is 0 Å². The first-order valence-electron chi connectivity index (χ1n) is 11.5. The van der Waals surface area contributed by atoms with Crippen molar-refractivity contribution < 1.29 is 23.8 Å². The van der Waals surface area contributed by atoms with Gasteiger partial charge in [0.25, 0.3) is 0 Å². The van der Waals surface area contributed by atoms with Crippen molar-refractivity contribution in [1.82, 2.24) is 0 Å². The third-order valence-electron chi connectivity index (χ3n) is 5.29. The smallest absolute Gasteiger partial charge is 0.343 e. The zero-order chi connectivity index (χ0) is 26.3. The molecule has 0 saturated heterocycles. The lowest BCUT2D eigenvalue weighted by Crippen LogP contribution is -2.40. The summed E-state index contributed by atoms with van der Waals surface area (Å²) in [5, 5.41) is 8.93. The Hall–Kier alpha value is -4.37. The first kappa shape index (κ1) is 26.2. The van der Waals surface area contributed by atoms with Crippen LogP contribution in [0, 0.1) is 11.3 Å². The van der Waals surface area contributed by atoms with Gasteiger partial charge in [0.1, 0.15) is 22.7 Å². The van der Waals surface area contributed by atoms with Crippen molar-refractivity contribution >= 4 is 11.9 Å². The normalized spacial score (nSPS) is 11.2. The molecule has 6 heteroatoms. The maximum absolute atomic E-state index is 12.6. The molecule has 0 bridgehead atoms. The minimum atomic E-state index is -0.742. The lowest BCUT2D eigenvalue weighted by Gasteiger charge is -2.34. The lowest BCUT2D eigenvalue weighted by atomic mass is 9.92. The number of rotatable bonds is 9. The molecule has 36 heavy (non-hydrogen) atoms. The molecule has 0 heterocycles. The number of hydrogen-bond donors (Lipinski definition) is 0. The molecule has 0 aliphatic rings. The second-order valence-corrected chi connectivity index (χ2v) is 9.55. The molecule has 0 saturated carbocycles. The van der Waals surface area contributed by atoms with Gasteiger partial charge in [0.05, 0.1) is 17.2 Å². The zero-order valence-corrected chi connectivity index (χ0v) is 20.9. The van der Waals surface area contributed by atoms with E-state index in [0.29, 0.717) is 29.0 Å². The fraction of sp³-hybridized carbons (Fsp3) is 0.233. The van der Waals surface area contributed by atoms with E-state index < -0.39 is 23.1 Å². The van der Waals surface area contributed by atoms with Crippen LogP contribution < -0.4 is 9.47 Å². The van der Waals surface area contributed by atoms with Crippen LogP contribution in [0.5, 0.6) is 11.5 Å². The average molecular weight is 484 g/mol. The molecule has 0 spiro atoms. The topological polar surface area (TPSA) is 85.6 Å². The Kier molecular flexibility index (Phi) is 7.96. The Morgan fingerprint density at radius 2 is 1.36 bits per heavy atom. The Balaban J connectivity index is 1.60. The quantitative estimate of drug-likeness (QED) is 0.196. The SMILES string of the molecule is C=CC(=O)OC(C)(C)CC(C)(C)Oc1ccc(C(=O)Oc2ccc(-c3ccc(C#N)cc3)cc2)cc1.